The van der Waals surface area contributed by atoms with E-state index in [-0.39, 0.29) is 25.9 Å². The molecule has 0 spiro atoms. The van der Waals surface area contributed by atoms with Crippen LogP contribution in [-0.4, -0.2) is 33.8 Å². The van der Waals surface area contributed by atoms with Crippen molar-refractivity contribution in [1.82, 2.24) is 5.32 Å². The van der Waals surface area contributed by atoms with E-state index in [1.807, 2.05) is 6.07 Å². The molecule has 22 heavy (non-hydrogen) atoms. The molecule has 0 saturated heterocycles. The van der Waals surface area contributed by atoms with Gasteiger partial charge in [-0.15, -0.1) is 0 Å². The Morgan fingerprint density at radius 2 is 1.82 bits per heavy atom. The molecule has 0 aromatic heterocycles. The topological polar surface area (TPSA) is 113 Å². The Kier molecular flexibility index (Phi) is 6.37. The van der Waals surface area contributed by atoms with Crippen LogP contribution < -0.4 is 5.32 Å². The number of hydrogen-bond donors (Lipinski definition) is 3. The van der Waals surface area contributed by atoms with Crippen LogP contribution in [0.4, 0.5) is 4.79 Å². The van der Waals surface area contributed by atoms with Gasteiger partial charge in [0.2, 0.25) is 0 Å². The number of carboxylic acid groups (broad SMARTS) is 2. The molecule has 120 valence electrons. The maximum absolute atomic E-state index is 11.8. The Morgan fingerprint density at radius 3 is 2.32 bits per heavy atom. The molecule has 1 atom stereocenters. The van der Waals surface area contributed by atoms with E-state index in [1.54, 1.807) is 31.2 Å². The summed E-state index contributed by atoms with van der Waals surface area (Å²) < 4.78 is 4.98. The van der Waals surface area contributed by atoms with Crippen molar-refractivity contribution in [1.29, 1.82) is 0 Å². The average Bonchev–Trinajstić information content (AvgIpc) is 2.50. The minimum absolute atomic E-state index is 0.00498. The van der Waals surface area contributed by atoms with Gasteiger partial charge >= 0.3 is 18.0 Å². The molecule has 3 N–H and O–H groups in total. The Labute approximate surface area is 127 Å². The highest BCUT2D eigenvalue weighted by molar-refractivity contribution is 5.85. The average molecular weight is 309 g/mol. The van der Waals surface area contributed by atoms with Gasteiger partial charge in [0, 0.05) is 6.42 Å². The van der Waals surface area contributed by atoms with Crippen LogP contribution in [0.2, 0.25) is 0 Å². The fraction of sp³-hybridized carbons (Fsp3) is 0.400. The van der Waals surface area contributed by atoms with Gasteiger partial charge in [-0.25, -0.2) is 9.59 Å². The van der Waals surface area contributed by atoms with Gasteiger partial charge < -0.3 is 20.3 Å². The third-order valence-corrected chi connectivity index (χ3v) is 3.33. The van der Waals surface area contributed by atoms with Crippen LogP contribution in [-0.2, 0) is 20.9 Å². The predicted octanol–water partition coefficient (Wildman–Crippen LogP) is 2.01. The monoisotopic (exact) mass is 309 g/mol. The van der Waals surface area contributed by atoms with Gasteiger partial charge in [0.15, 0.2) is 0 Å². The molecule has 0 aliphatic heterocycles. The van der Waals surface area contributed by atoms with Gasteiger partial charge in [-0.05, 0) is 18.4 Å². The highest BCUT2D eigenvalue weighted by Crippen LogP contribution is 2.19. The second-order valence-electron chi connectivity index (χ2n) is 4.82. The van der Waals surface area contributed by atoms with Crippen molar-refractivity contribution in [2.75, 3.05) is 0 Å². The Balaban J connectivity index is 2.66. The number of carboxylic acids is 2. The van der Waals surface area contributed by atoms with Crippen molar-refractivity contribution < 1.29 is 29.3 Å². The first-order valence-corrected chi connectivity index (χ1v) is 6.83. The highest BCUT2D eigenvalue weighted by atomic mass is 16.5. The molecule has 7 nitrogen and oxygen atoms in total. The molecule has 1 aromatic carbocycles. The van der Waals surface area contributed by atoms with E-state index in [4.69, 9.17) is 9.84 Å². The minimum Gasteiger partial charge on any atom is -0.481 e. The van der Waals surface area contributed by atoms with E-state index in [2.05, 4.69) is 5.32 Å². The molecule has 0 aliphatic rings. The molecule has 0 aliphatic carbocycles. The maximum Gasteiger partial charge on any atom is 0.408 e. The lowest BCUT2D eigenvalue weighted by atomic mass is 9.90. The number of benzene rings is 1. The molecule has 1 rings (SSSR count). The van der Waals surface area contributed by atoms with E-state index in [0.29, 0.717) is 0 Å². The van der Waals surface area contributed by atoms with E-state index in [1.165, 1.54) is 0 Å². The smallest absolute Gasteiger partial charge is 0.408 e. The number of hydrogen-bond acceptors (Lipinski definition) is 4. The Bertz CT molecular complexity index is 530. The lowest BCUT2D eigenvalue weighted by molar-refractivity contribution is -0.146. The number of carbonyl (C=O) groups is 3. The molecule has 0 bridgehead atoms. The zero-order chi connectivity index (χ0) is 16.6. The third kappa shape index (κ3) is 5.08. The maximum atomic E-state index is 11.8. The number of aliphatic carboxylic acids is 2. The standard InChI is InChI=1S/C15H19NO6/c1-2-15(13(19)20,9-8-12(17)18)16-14(21)22-10-11-6-4-3-5-7-11/h3-7H,2,8-10H2,1H3,(H,16,21)(H,17,18)(H,19,20)/t15-/m1/s1. The zero-order valence-electron chi connectivity index (χ0n) is 12.2. The molecule has 1 aromatic rings. The Morgan fingerprint density at radius 1 is 1.18 bits per heavy atom. The number of alkyl carbamates (subject to hydrolysis) is 1. The van der Waals surface area contributed by atoms with Crippen LogP contribution in [0.3, 0.4) is 0 Å². The second kappa shape index (κ2) is 8.02. The van der Waals surface area contributed by atoms with E-state index in [0.717, 1.165) is 5.56 Å². The van der Waals surface area contributed by atoms with Crippen molar-refractivity contribution in [2.24, 2.45) is 0 Å². The summed E-state index contributed by atoms with van der Waals surface area (Å²) in [6.45, 7) is 1.57. The summed E-state index contributed by atoms with van der Waals surface area (Å²) in [4.78, 5) is 33.9. The van der Waals surface area contributed by atoms with Crippen LogP contribution in [0.25, 0.3) is 0 Å². The van der Waals surface area contributed by atoms with Crippen molar-refractivity contribution >= 4 is 18.0 Å². The largest absolute Gasteiger partial charge is 0.481 e. The molecular formula is C15H19NO6. The summed E-state index contributed by atoms with van der Waals surface area (Å²) in [5, 5.41) is 20.3. The van der Waals surface area contributed by atoms with Gasteiger partial charge in [-0.3, -0.25) is 4.79 Å². The molecule has 0 unspecified atom stereocenters. The van der Waals surface area contributed by atoms with E-state index >= 15 is 0 Å². The lowest BCUT2D eigenvalue weighted by Gasteiger charge is -2.28. The van der Waals surface area contributed by atoms with Gasteiger partial charge in [0.25, 0.3) is 0 Å². The molecule has 0 radical (unpaired) electrons. The first kappa shape index (κ1) is 17.5. The lowest BCUT2D eigenvalue weighted by Crippen LogP contribution is -2.54. The summed E-state index contributed by atoms with van der Waals surface area (Å²) in [6.07, 6.45) is -1.41. The fourth-order valence-electron chi connectivity index (χ4n) is 1.91. The SMILES string of the molecule is CC[C@](CCC(=O)O)(NC(=O)OCc1ccccc1)C(=O)O. The quantitative estimate of drug-likeness (QED) is 0.677. The third-order valence-electron chi connectivity index (χ3n) is 3.33. The van der Waals surface area contributed by atoms with Crippen LogP contribution in [0.1, 0.15) is 31.7 Å². The minimum atomic E-state index is -1.65. The first-order chi connectivity index (χ1) is 10.4. The molecule has 0 heterocycles. The number of nitrogens with one attached hydrogen (secondary N) is 1. The summed E-state index contributed by atoms with van der Waals surface area (Å²) >= 11 is 0. The van der Waals surface area contributed by atoms with E-state index < -0.39 is 23.6 Å². The summed E-state index contributed by atoms with van der Waals surface area (Å²) in [5.41, 5.74) is -0.882. The first-order valence-electron chi connectivity index (χ1n) is 6.83. The van der Waals surface area contributed by atoms with Crippen molar-refractivity contribution in [3.8, 4) is 0 Å². The number of rotatable bonds is 8. The highest BCUT2D eigenvalue weighted by Gasteiger charge is 2.39. The number of amides is 1. The van der Waals surface area contributed by atoms with Gasteiger partial charge in [-0.1, -0.05) is 37.3 Å². The summed E-state index contributed by atoms with van der Waals surface area (Å²) in [7, 11) is 0. The fourth-order valence-corrected chi connectivity index (χ4v) is 1.91. The van der Waals surface area contributed by atoms with Gasteiger partial charge in [0.05, 0.1) is 0 Å². The van der Waals surface area contributed by atoms with Crippen molar-refractivity contribution in [2.45, 2.75) is 38.3 Å². The number of carbonyl (C=O) groups excluding carboxylic acids is 1. The molecular weight excluding hydrogens is 290 g/mol. The molecule has 1 amide bonds. The van der Waals surface area contributed by atoms with Gasteiger partial charge in [-0.2, -0.15) is 0 Å². The van der Waals surface area contributed by atoms with Crippen LogP contribution in [0, 0.1) is 0 Å². The zero-order valence-corrected chi connectivity index (χ0v) is 12.2. The summed E-state index contributed by atoms with van der Waals surface area (Å²) in [6, 6.07) is 8.93. The molecule has 0 saturated carbocycles. The van der Waals surface area contributed by atoms with Gasteiger partial charge in [0.1, 0.15) is 12.1 Å². The second-order valence-corrected chi connectivity index (χ2v) is 4.82. The molecule has 7 heteroatoms. The summed E-state index contributed by atoms with van der Waals surface area (Å²) in [5.74, 6) is -2.41. The number of ether oxygens (including phenoxy) is 1. The molecule has 0 fully saturated rings. The van der Waals surface area contributed by atoms with E-state index in [9.17, 15) is 19.5 Å². The van der Waals surface area contributed by atoms with Crippen molar-refractivity contribution in [3.63, 3.8) is 0 Å². The Hall–Kier alpha value is -2.57. The van der Waals surface area contributed by atoms with Crippen molar-refractivity contribution in [3.05, 3.63) is 35.9 Å². The van der Waals surface area contributed by atoms with Crippen LogP contribution >= 0.6 is 0 Å². The van der Waals surface area contributed by atoms with Crippen LogP contribution in [0.5, 0.6) is 0 Å². The predicted molar refractivity (Wildman–Crippen MR) is 77.3 cm³/mol. The van der Waals surface area contributed by atoms with Crippen LogP contribution in [0.15, 0.2) is 30.3 Å². The normalized spacial score (nSPS) is 13.0.